The van der Waals surface area contributed by atoms with Gasteiger partial charge in [-0.05, 0) is 43.9 Å². The molecule has 0 spiro atoms. The Morgan fingerprint density at radius 1 is 1.08 bits per heavy atom. The van der Waals surface area contributed by atoms with Gasteiger partial charge in [-0.1, -0.05) is 12.1 Å². The summed E-state index contributed by atoms with van der Waals surface area (Å²) in [6.45, 7) is 0.910. The van der Waals surface area contributed by atoms with Gasteiger partial charge in [0.15, 0.2) is 0 Å². The zero-order valence-electron chi connectivity index (χ0n) is 15.5. The highest BCUT2D eigenvalue weighted by Gasteiger charge is 2.28. The molecule has 1 aromatic carbocycles. The Labute approximate surface area is 155 Å². The molecule has 6 nitrogen and oxygen atoms in total. The van der Waals surface area contributed by atoms with Gasteiger partial charge >= 0.3 is 0 Å². The van der Waals surface area contributed by atoms with E-state index in [0.717, 1.165) is 36.8 Å². The standard InChI is InChI=1S/C20H26N6/c1-25(2)19-11-12-22-20(24-19)23-15-7-9-16(10-8-15)26-14-13-21-17-5-3-4-6-18(17)26/h3-6,11-13,15-16H,7-10,14H2,1-2H3,(H,22,23,24). The van der Waals surface area contributed by atoms with Crippen LogP contribution in [-0.2, 0) is 0 Å². The Morgan fingerprint density at radius 2 is 1.88 bits per heavy atom. The second kappa shape index (κ2) is 7.32. The molecule has 1 N–H and O–H groups in total. The van der Waals surface area contributed by atoms with Gasteiger partial charge in [-0.25, -0.2) is 4.98 Å². The Kier molecular flexibility index (Phi) is 4.73. The van der Waals surface area contributed by atoms with Crippen molar-refractivity contribution < 1.29 is 0 Å². The van der Waals surface area contributed by atoms with Gasteiger partial charge in [-0.3, -0.25) is 4.99 Å². The van der Waals surface area contributed by atoms with Gasteiger partial charge in [0.1, 0.15) is 5.82 Å². The van der Waals surface area contributed by atoms with Crippen LogP contribution < -0.4 is 15.1 Å². The smallest absolute Gasteiger partial charge is 0.224 e. The Morgan fingerprint density at radius 3 is 2.69 bits per heavy atom. The normalized spacial score (nSPS) is 22.0. The first-order valence-electron chi connectivity index (χ1n) is 9.36. The van der Waals surface area contributed by atoms with Gasteiger partial charge < -0.3 is 15.1 Å². The molecule has 4 rings (SSSR count). The van der Waals surface area contributed by atoms with E-state index in [4.69, 9.17) is 0 Å². The zero-order valence-corrected chi connectivity index (χ0v) is 15.5. The summed E-state index contributed by atoms with van der Waals surface area (Å²) in [5.41, 5.74) is 2.36. The molecular formula is C20H26N6. The van der Waals surface area contributed by atoms with E-state index in [9.17, 15) is 0 Å². The molecule has 2 aliphatic rings. The number of rotatable bonds is 4. The lowest BCUT2D eigenvalue weighted by Gasteiger charge is -2.39. The highest BCUT2D eigenvalue weighted by Crippen LogP contribution is 2.35. The summed E-state index contributed by atoms with van der Waals surface area (Å²) < 4.78 is 0. The van der Waals surface area contributed by atoms with Gasteiger partial charge in [-0.15, -0.1) is 0 Å². The van der Waals surface area contributed by atoms with Crippen molar-refractivity contribution in [2.45, 2.75) is 37.8 Å². The fourth-order valence-corrected chi connectivity index (χ4v) is 3.87. The lowest BCUT2D eigenvalue weighted by Crippen LogP contribution is -2.42. The molecule has 1 saturated carbocycles. The number of benzene rings is 1. The first-order valence-corrected chi connectivity index (χ1v) is 9.36. The number of aliphatic imine (C=N–C) groups is 1. The van der Waals surface area contributed by atoms with E-state index < -0.39 is 0 Å². The average Bonchev–Trinajstić information content (AvgIpc) is 2.68. The lowest BCUT2D eigenvalue weighted by molar-refractivity contribution is 0.395. The predicted molar refractivity (Wildman–Crippen MR) is 108 cm³/mol. The number of para-hydroxylation sites is 2. The Balaban J connectivity index is 1.38. The van der Waals surface area contributed by atoms with Crippen LogP contribution in [-0.4, -0.2) is 48.9 Å². The van der Waals surface area contributed by atoms with E-state index in [1.807, 2.05) is 37.5 Å². The zero-order chi connectivity index (χ0) is 17.9. The summed E-state index contributed by atoms with van der Waals surface area (Å²) in [5.74, 6) is 1.66. The van der Waals surface area contributed by atoms with Crippen LogP contribution in [0.5, 0.6) is 0 Å². The maximum absolute atomic E-state index is 4.58. The number of nitrogens with one attached hydrogen (secondary N) is 1. The first kappa shape index (κ1) is 16.8. The summed E-state index contributed by atoms with van der Waals surface area (Å²) >= 11 is 0. The number of anilines is 3. The minimum Gasteiger partial charge on any atom is -0.363 e. The van der Waals surface area contributed by atoms with Crippen LogP contribution in [0.25, 0.3) is 0 Å². The SMILES string of the molecule is CN(C)c1ccnc(NC2CCC(N3CC=Nc4ccccc43)CC2)n1. The van der Waals surface area contributed by atoms with Crippen LogP contribution in [0, 0.1) is 0 Å². The van der Waals surface area contributed by atoms with Crippen molar-refractivity contribution in [3.05, 3.63) is 36.5 Å². The molecule has 1 aliphatic carbocycles. The van der Waals surface area contributed by atoms with Crippen LogP contribution in [0.1, 0.15) is 25.7 Å². The highest BCUT2D eigenvalue weighted by atomic mass is 15.2. The number of fused-ring (bicyclic) bond motifs is 1. The maximum atomic E-state index is 4.58. The number of hydrogen-bond acceptors (Lipinski definition) is 6. The van der Waals surface area contributed by atoms with Gasteiger partial charge in [0.25, 0.3) is 0 Å². The highest BCUT2D eigenvalue weighted by molar-refractivity contribution is 5.81. The molecule has 2 heterocycles. The molecule has 1 fully saturated rings. The van der Waals surface area contributed by atoms with Gasteiger partial charge in [0.05, 0.1) is 17.9 Å². The summed E-state index contributed by atoms with van der Waals surface area (Å²) in [5, 5.41) is 3.53. The van der Waals surface area contributed by atoms with Crippen LogP contribution >= 0.6 is 0 Å². The molecule has 6 heteroatoms. The quantitative estimate of drug-likeness (QED) is 0.915. The van der Waals surface area contributed by atoms with Crippen LogP contribution in [0.4, 0.5) is 23.1 Å². The van der Waals surface area contributed by atoms with Crippen molar-refractivity contribution in [1.82, 2.24) is 9.97 Å². The number of hydrogen-bond donors (Lipinski definition) is 1. The number of aromatic nitrogens is 2. The van der Waals surface area contributed by atoms with Crippen molar-refractivity contribution in [3.8, 4) is 0 Å². The van der Waals surface area contributed by atoms with Crippen molar-refractivity contribution in [2.75, 3.05) is 35.8 Å². The fourth-order valence-electron chi connectivity index (χ4n) is 3.87. The Bertz CT molecular complexity index is 779. The molecule has 0 atom stereocenters. The van der Waals surface area contributed by atoms with Crippen LogP contribution in [0.3, 0.4) is 0 Å². The van der Waals surface area contributed by atoms with Gasteiger partial charge in [0.2, 0.25) is 5.95 Å². The topological polar surface area (TPSA) is 56.7 Å². The van der Waals surface area contributed by atoms with Gasteiger partial charge in [0, 0.05) is 38.6 Å². The molecule has 2 aromatic rings. The number of nitrogens with zero attached hydrogens (tertiary/aromatic N) is 5. The first-order chi connectivity index (χ1) is 12.7. The van der Waals surface area contributed by atoms with Crippen LogP contribution in [0.2, 0.25) is 0 Å². The van der Waals surface area contributed by atoms with E-state index >= 15 is 0 Å². The minimum atomic E-state index is 0.442. The molecule has 1 aromatic heterocycles. The molecule has 0 unspecified atom stereocenters. The molecule has 1 aliphatic heterocycles. The second-order valence-corrected chi connectivity index (χ2v) is 7.24. The third-order valence-corrected chi connectivity index (χ3v) is 5.27. The maximum Gasteiger partial charge on any atom is 0.224 e. The molecule has 0 radical (unpaired) electrons. The minimum absolute atomic E-state index is 0.442. The van der Waals surface area contributed by atoms with E-state index in [-0.39, 0.29) is 0 Å². The average molecular weight is 350 g/mol. The molecular weight excluding hydrogens is 324 g/mol. The third kappa shape index (κ3) is 3.49. The lowest BCUT2D eigenvalue weighted by atomic mass is 9.89. The van der Waals surface area contributed by atoms with E-state index in [1.54, 1.807) is 0 Å². The monoisotopic (exact) mass is 350 g/mol. The summed E-state index contributed by atoms with van der Waals surface area (Å²) in [6, 6.07) is 11.4. The molecule has 136 valence electrons. The van der Waals surface area contributed by atoms with Crippen molar-refractivity contribution >= 4 is 29.4 Å². The van der Waals surface area contributed by atoms with Crippen molar-refractivity contribution in [3.63, 3.8) is 0 Å². The van der Waals surface area contributed by atoms with E-state index in [0.29, 0.717) is 12.1 Å². The van der Waals surface area contributed by atoms with Gasteiger partial charge in [-0.2, -0.15) is 4.98 Å². The van der Waals surface area contributed by atoms with E-state index in [1.165, 1.54) is 18.5 Å². The molecule has 26 heavy (non-hydrogen) atoms. The van der Waals surface area contributed by atoms with Crippen molar-refractivity contribution in [1.29, 1.82) is 0 Å². The molecule has 0 amide bonds. The summed E-state index contributed by atoms with van der Waals surface area (Å²) in [7, 11) is 3.99. The second-order valence-electron chi connectivity index (χ2n) is 7.24. The third-order valence-electron chi connectivity index (χ3n) is 5.27. The summed E-state index contributed by atoms with van der Waals surface area (Å²) in [6.07, 6.45) is 8.47. The van der Waals surface area contributed by atoms with E-state index in [2.05, 4.69) is 49.4 Å². The van der Waals surface area contributed by atoms with Crippen molar-refractivity contribution in [2.24, 2.45) is 4.99 Å². The van der Waals surface area contributed by atoms with Crippen LogP contribution in [0.15, 0.2) is 41.5 Å². The Hall–Kier alpha value is -2.63. The molecule has 0 bridgehead atoms. The summed E-state index contributed by atoms with van der Waals surface area (Å²) in [4.78, 5) is 18.0. The largest absolute Gasteiger partial charge is 0.363 e. The predicted octanol–water partition coefficient (Wildman–Crippen LogP) is 3.49. The fraction of sp³-hybridized carbons (Fsp3) is 0.450. The molecule has 0 saturated heterocycles.